The molecule has 3 nitrogen and oxygen atoms in total. The molecule has 2 heterocycles. The number of nitrogens with zero attached hydrogens (tertiary/aromatic N) is 2. The standard InChI is InChI=1S/C16H20ClN3S/c1-11-8-12(18)6-7-20(11)9-13-10-21-16(19-13)14-4-2-3-5-15(14)17/h2-5,10-12H,6-9,18H2,1H3. The maximum Gasteiger partial charge on any atom is 0.125 e. The normalized spacial score (nSPS) is 23.4. The quantitative estimate of drug-likeness (QED) is 0.935. The van der Waals surface area contributed by atoms with Gasteiger partial charge in [0.25, 0.3) is 0 Å². The molecule has 2 aromatic rings. The molecular formula is C16H20ClN3S. The topological polar surface area (TPSA) is 42.1 Å². The van der Waals surface area contributed by atoms with E-state index in [4.69, 9.17) is 22.3 Å². The monoisotopic (exact) mass is 321 g/mol. The van der Waals surface area contributed by atoms with Gasteiger partial charge in [0.1, 0.15) is 5.01 Å². The van der Waals surface area contributed by atoms with Crippen LogP contribution in [0.25, 0.3) is 10.6 Å². The Morgan fingerprint density at radius 1 is 1.43 bits per heavy atom. The van der Waals surface area contributed by atoms with Crippen molar-refractivity contribution < 1.29 is 0 Å². The number of rotatable bonds is 3. The third-order valence-corrected chi connectivity index (χ3v) is 5.33. The van der Waals surface area contributed by atoms with Crippen LogP contribution in [0.5, 0.6) is 0 Å². The molecule has 1 aliphatic heterocycles. The summed E-state index contributed by atoms with van der Waals surface area (Å²) in [7, 11) is 0. The third kappa shape index (κ3) is 3.46. The van der Waals surface area contributed by atoms with Gasteiger partial charge < -0.3 is 5.73 Å². The van der Waals surface area contributed by atoms with Crippen molar-refractivity contribution in [3.63, 3.8) is 0 Å². The van der Waals surface area contributed by atoms with Gasteiger partial charge in [0.15, 0.2) is 0 Å². The Balaban J connectivity index is 1.72. The fourth-order valence-corrected chi connectivity index (χ4v) is 3.97. The van der Waals surface area contributed by atoms with Crippen molar-refractivity contribution in [3.05, 3.63) is 40.4 Å². The van der Waals surface area contributed by atoms with Crippen LogP contribution in [0.3, 0.4) is 0 Å². The number of halogens is 1. The molecule has 21 heavy (non-hydrogen) atoms. The summed E-state index contributed by atoms with van der Waals surface area (Å²) in [6.07, 6.45) is 2.15. The van der Waals surface area contributed by atoms with E-state index in [2.05, 4.69) is 17.2 Å². The Labute approximate surface area is 134 Å². The highest BCUT2D eigenvalue weighted by molar-refractivity contribution is 7.13. The van der Waals surface area contributed by atoms with Gasteiger partial charge in [-0.3, -0.25) is 4.90 Å². The number of likely N-dealkylation sites (tertiary alicyclic amines) is 1. The van der Waals surface area contributed by atoms with Crippen molar-refractivity contribution in [1.29, 1.82) is 0 Å². The third-order valence-electron chi connectivity index (χ3n) is 4.08. The Hall–Kier alpha value is -0.940. The molecule has 5 heteroatoms. The molecule has 112 valence electrons. The fourth-order valence-electron chi connectivity index (χ4n) is 2.84. The first-order chi connectivity index (χ1) is 10.1. The molecule has 0 radical (unpaired) electrons. The lowest BCUT2D eigenvalue weighted by Crippen LogP contribution is -2.45. The fraction of sp³-hybridized carbons (Fsp3) is 0.438. The largest absolute Gasteiger partial charge is 0.328 e. The number of hydrogen-bond acceptors (Lipinski definition) is 4. The zero-order valence-corrected chi connectivity index (χ0v) is 13.7. The number of piperidine rings is 1. The molecular weight excluding hydrogens is 302 g/mol. The van der Waals surface area contributed by atoms with Crippen LogP contribution in [-0.4, -0.2) is 28.5 Å². The minimum absolute atomic E-state index is 0.352. The van der Waals surface area contributed by atoms with Crippen molar-refractivity contribution in [2.24, 2.45) is 5.73 Å². The van der Waals surface area contributed by atoms with E-state index in [0.717, 1.165) is 47.2 Å². The molecule has 1 fully saturated rings. The van der Waals surface area contributed by atoms with Gasteiger partial charge in [0.2, 0.25) is 0 Å². The van der Waals surface area contributed by atoms with E-state index in [-0.39, 0.29) is 0 Å². The van der Waals surface area contributed by atoms with Crippen LogP contribution >= 0.6 is 22.9 Å². The van der Waals surface area contributed by atoms with Gasteiger partial charge in [-0.2, -0.15) is 0 Å². The van der Waals surface area contributed by atoms with Crippen LogP contribution in [0.4, 0.5) is 0 Å². The molecule has 2 N–H and O–H groups in total. The van der Waals surface area contributed by atoms with Crippen LogP contribution < -0.4 is 5.73 Å². The number of hydrogen-bond donors (Lipinski definition) is 1. The molecule has 1 saturated heterocycles. The molecule has 0 spiro atoms. The highest BCUT2D eigenvalue weighted by atomic mass is 35.5. The summed E-state index contributed by atoms with van der Waals surface area (Å²) in [5.74, 6) is 0. The molecule has 0 aliphatic carbocycles. The second-order valence-electron chi connectivity index (χ2n) is 5.73. The van der Waals surface area contributed by atoms with Gasteiger partial charge in [-0.05, 0) is 25.8 Å². The van der Waals surface area contributed by atoms with Crippen molar-refractivity contribution in [3.8, 4) is 10.6 Å². The highest BCUT2D eigenvalue weighted by Crippen LogP contribution is 2.30. The van der Waals surface area contributed by atoms with Gasteiger partial charge in [-0.15, -0.1) is 11.3 Å². The molecule has 2 atom stereocenters. The molecule has 1 aliphatic rings. The first kappa shape index (κ1) is 15.0. The first-order valence-corrected chi connectivity index (χ1v) is 8.58. The molecule has 0 bridgehead atoms. The van der Waals surface area contributed by atoms with E-state index in [1.165, 1.54) is 0 Å². The van der Waals surface area contributed by atoms with Gasteiger partial charge in [0.05, 0.1) is 10.7 Å². The van der Waals surface area contributed by atoms with E-state index >= 15 is 0 Å². The van der Waals surface area contributed by atoms with E-state index in [1.54, 1.807) is 11.3 Å². The zero-order valence-electron chi connectivity index (χ0n) is 12.1. The number of aromatic nitrogens is 1. The lowest BCUT2D eigenvalue weighted by atomic mass is 9.99. The van der Waals surface area contributed by atoms with Crippen LogP contribution in [0.1, 0.15) is 25.5 Å². The Morgan fingerprint density at radius 2 is 2.24 bits per heavy atom. The van der Waals surface area contributed by atoms with Crippen molar-refractivity contribution in [1.82, 2.24) is 9.88 Å². The predicted molar refractivity (Wildman–Crippen MR) is 89.6 cm³/mol. The Morgan fingerprint density at radius 3 is 3.00 bits per heavy atom. The summed E-state index contributed by atoms with van der Waals surface area (Å²) in [6.45, 7) is 4.20. The summed E-state index contributed by atoms with van der Waals surface area (Å²) in [5.41, 5.74) is 8.16. The lowest BCUT2D eigenvalue weighted by Gasteiger charge is -2.35. The molecule has 1 aromatic heterocycles. The van der Waals surface area contributed by atoms with Crippen LogP contribution in [-0.2, 0) is 6.54 Å². The maximum atomic E-state index is 6.24. The van der Waals surface area contributed by atoms with E-state index in [1.807, 2.05) is 24.3 Å². The predicted octanol–water partition coefficient (Wildman–Crippen LogP) is 3.78. The summed E-state index contributed by atoms with van der Waals surface area (Å²) in [4.78, 5) is 7.22. The van der Waals surface area contributed by atoms with E-state index in [9.17, 15) is 0 Å². The number of thiazole rings is 1. The molecule has 2 unspecified atom stereocenters. The van der Waals surface area contributed by atoms with Gasteiger partial charge in [0, 0.05) is 36.1 Å². The first-order valence-electron chi connectivity index (χ1n) is 7.32. The smallest absolute Gasteiger partial charge is 0.125 e. The Bertz CT molecular complexity index is 613. The highest BCUT2D eigenvalue weighted by Gasteiger charge is 2.23. The summed E-state index contributed by atoms with van der Waals surface area (Å²) in [6, 6.07) is 8.75. The molecule has 3 rings (SSSR count). The van der Waals surface area contributed by atoms with Crippen LogP contribution in [0.2, 0.25) is 5.02 Å². The van der Waals surface area contributed by atoms with Crippen molar-refractivity contribution in [2.75, 3.05) is 6.54 Å². The van der Waals surface area contributed by atoms with E-state index < -0.39 is 0 Å². The minimum atomic E-state index is 0.352. The lowest BCUT2D eigenvalue weighted by molar-refractivity contribution is 0.138. The summed E-state index contributed by atoms with van der Waals surface area (Å²) in [5, 5.41) is 3.90. The second kappa shape index (κ2) is 6.44. The molecule has 0 saturated carbocycles. The summed E-state index contributed by atoms with van der Waals surface area (Å²) < 4.78 is 0. The van der Waals surface area contributed by atoms with Gasteiger partial charge >= 0.3 is 0 Å². The van der Waals surface area contributed by atoms with E-state index in [0.29, 0.717) is 12.1 Å². The van der Waals surface area contributed by atoms with Crippen molar-refractivity contribution >= 4 is 22.9 Å². The summed E-state index contributed by atoms with van der Waals surface area (Å²) >= 11 is 7.90. The number of nitrogens with two attached hydrogens (primary N) is 1. The average Bonchev–Trinajstić information content (AvgIpc) is 2.91. The van der Waals surface area contributed by atoms with Gasteiger partial charge in [-0.25, -0.2) is 4.98 Å². The maximum absolute atomic E-state index is 6.24. The molecule has 0 amide bonds. The Kier molecular flexibility index (Phi) is 4.60. The molecule has 1 aromatic carbocycles. The zero-order chi connectivity index (χ0) is 14.8. The van der Waals surface area contributed by atoms with Crippen molar-refractivity contribution in [2.45, 2.75) is 38.4 Å². The van der Waals surface area contributed by atoms with Crippen LogP contribution in [0.15, 0.2) is 29.6 Å². The van der Waals surface area contributed by atoms with Crippen LogP contribution in [0, 0.1) is 0 Å². The van der Waals surface area contributed by atoms with Gasteiger partial charge in [-0.1, -0.05) is 29.8 Å². The SMILES string of the molecule is CC1CC(N)CCN1Cc1csc(-c2ccccc2Cl)n1. The number of benzene rings is 1. The average molecular weight is 322 g/mol. The second-order valence-corrected chi connectivity index (χ2v) is 6.99. The minimum Gasteiger partial charge on any atom is -0.328 e.